The number of nitrogens with zero attached hydrogens (tertiary/aromatic N) is 1. The molecule has 0 spiro atoms. The molecule has 0 saturated carbocycles. The molecule has 0 atom stereocenters. The molecule has 1 rings (SSSR count). The highest BCUT2D eigenvalue weighted by atomic mass is 32.2. The van der Waals surface area contributed by atoms with Gasteiger partial charge in [-0.3, -0.25) is 4.79 Å². The molecule has 1 aromatic carbocycles. The first kappa shape index (κ1) is 14.2. The van der Waals surface area contributed by atoms with Crippen molar-refractivity contribution < 1.29 is 18.3 Å². The number of hydrogen-bond donors (Lipinski definition) is 1. The Morgan fingerprint density at radius 3 is 2.39 bits per heavy atom. The van der Waals surface area contributed by atoms with E-state index in [2.05, 4.69) is 5.92 Å². The van der Waals surface area contributed by atoms with Gasteiger partial charge in [0.2, 0.25) is 10.0 Å². The molecule has 0 aromatic heterocycles. The van der Waals surface area contributed by atoms with Crippen molar-refractivity contribution in [2.24, 2.45) is 0 Å². The second-order valence-electron chi connectivity index (χ2n) is 3.68. The molecule has 0 fully saturated rings. The van der Waals surface area contributed by atoms with Gasteiger partial charge in [0.1, 0.15) is 0 Å². The van der Waals surface area contributed by atoms with Crippen LogP contribution in [0.15, 0.2) is 29.2 Å². The van der Waals surface area contributed by atoms with Crippen molar-refractivity contribution in [1.29, 1.82) is 0 Å². The van der Waals surface area contributed by atoms with Crippen LogP contribution in [-0.2, 0) is 21.2 Å². The van der Waals surface area contributed by atoms with Crippen LogP contribution in [0.5, 0.6) is 0 Å². The third-order valence-corrected chi connectivity index (χ3v) is 4.12. The number of carbonyl (C=O) groups is 1. The van der Waals surface area contributed by atoms with Crippen molar-refractivity contribution >= 4 is 16.0 Å². The molecule has 18 heavy (non-hydrogen) atoms. The third-order valence-electron chi connectivity index (χ3n) is 2.30. The lowest BCUT2D eigenvalue weighted by Crippen LogP contribution is -2.27. The minimum atomic E-state index is -3.60. The van der Waals surface area contributed by atoms with E-state index < -0.39 is 16.0 Å². The molecule has 0 radical (unpaired) electrons. The lowest BCUT2D eigenvalue weighted by atomic mass is 10.2. The third kappa shape index (κ3) is 3.32. The number of terminal acetylenes is 1. The topological polar surface area (TPSA) is 74.7 Å². The number of sulfonamides is 1. The van der Waals surface area contributed by atoms with Gasteiger partial charge in [0.25, 0.3) is 0 Å². The Hall–Kier alpha value is -1.84. The summed E-state index contributed by atoms with van der Waals surface area (Å²) < 4.78 is 25.0. The van der Waals surface area contributed by atoms with E-state index in [-0.39, 0.29) is 17.9 Å². The van der Waals surface area contributed by atoms with Gasteiger partial charge in [0.05, 0.1) is 17.9 Å². The van der Waals surface area contributed by atoms with Crippen LogP contribution in [-0.4, -0.2) is 37.4 Å². The normalized spacial score (nSPS) is 11.2. The van der Waals surface area contributed by atoms with Gasteiger partial charge in [0, 0.05) is 7.05 Å². The predicted octanol–water partition coefficient (Wildman–Crippen LogP) is 0.567. The van der Waals surface area contributed by atoms with Gasteiger partial charge >= 0.3 is 5.97 Å². The lowest BCUT2D eigenvalue weighted by Gasteiger charge is -2.14. The molecule has 0 aliphatic rings. The maximum absolute atomic E-state index is 12.0. The fraction of sp³-hybridized carbons (Fsp3) is 0.250. The van der Waals surface area contributed by atoms with Gasteiger partial charge in [-0.05, 0) is 17.7 Å². The maximum atomic E-state index is 12.0. The fourth-order valence-corrected chi connectivity index (χ4v) is 2.43. The van der Waals surface area contributed by atoms with E-state index in [1.807, 2.05) is 0 Å². The minimum absolute atomic E-state index is 0.0147. The Balaban J connectivity index is 2.98. The molecule has 0 unspecified atom stereocenters. The first-order chi connectivity index (χ1) is 8.37. The summed E-state index contributed by atoms with van der Waals surface area (Å²) in [5, 5.41) is 8.61. The zero-order valence-corrected chi connectivity index (χ0v) is 10.6. The molecule has 1 aromatic rings. The smallest absolute Gasteiger partial charge is 0.307 e. The lowest BCUT2D eigenvalue weighted by molar-refractivity contribution is -0.136. The Kier molecular flexibility index (Phi) is 4.48. The average molecular weight is 267 g/mol. The van der Waals surface area contributed by atoms with Crippen molar-refractivity contribution in [3.05, 3.63) is 29.8 Å². The quantitative estimate of drug-likeness (QED) is 0.791. The molecule has 6 heteroatoms. The van der Waals surface area contributed by atoms with Crippen LogP contribution in [0.1, 0.15) is 5.56 Å². The van der Waals surface area contributed by atoms with Crippen molar-refractivity contribution in [1.82, 2.24) is 4.31 Å². The fourth-order valence-electron chi connectivity index (χ4n) is 1.35. The van der Waals surface area contributed by atoms with Crippen LogP contribution in [0, 0.1) is 12.3 Å². The Morgan fingerprint density at radius 2 is 1.94 bits per heavy atom. The molecule has 0 aliphatic carbocycles. The van der Waals surface area contributed by atoms with E-state index in [1.165, 1.54) is 31.3 Å². The number of aliphatic carboxylic acids is 1. The van der Waals surface area contributed by atoms with Gasteiger partial charge in [-0.25, -0.2) is 8.42 Å². The number of benzene rings is 1. The second kappa shape index (κ2) is 5.67. The van der Waals surface area contributed by atoms with Crippen LogP contribution in [0.2, 0.25) is 0 Å². The van der Waals surface area contributed by atoms with Crippen molar-refractivity contribution in [2.45, 2.75) is 11.3 Å². The van der Waals surface area contributed by atoms with Gasteiger partial charge in [-0.2, -0.15) is 4.31 Å². The first-order valence-electron chi connectivity index (χ1n) is 5.08. The van der Waals surface area contributed by atoms with Gasteiger partial charge in [-0.15, -0.1) is 6.42 Å². The molecule has 96 valence electrons. The van der Waals surface area contributed by atoms with E-state index in [1.54, 1.807) is 0 Å². The highest BCUT2D eigenvalue weighted by molar-refractivity contribution is 7.89. The summed E-state index contributed by atoms with van der Waals surface area (Å²) in [6.45, 7) is -0.0147. The summed E-state index contributed by atoms with van der Waals surface area (Å²) in [5.74, 6) is 1.29. The van der Waals surface area contributed by atoms with Crippen LogP contribution in [0.3, 0.4) is 0 Å². The van der Waals surface area contributed by atoms with Crippen molar-refractivity contribution in [2.75, 3.05) is 13.6 Å². The summed E-state index contributed by atoms with van der Waals surface area (Å²) in [7, 11) is -2.21. The largest absolute Gasteiger partial charge is 0.481 e. The highest BCUT2D eigenvalue weighted by Crippen LogP contribution is 2.15. The van der Waals surface area contributed by atoms with Gasteiger partial charge < -0.3 is 5.11 Å². The van der Waals surface area contributed by atoms with E-state index in [0.717, 1.165) is 4.31 Å². The molecule has 0 aliphatic heterocycles. The average Bonchev–Trinajstić information content (AvgIpc) is 2.29. The monoisotopic (exact) mass is 267 g/mol. The summed E-state index contributed by atoms with van der Waals surface area (Å²) in [6.07, 6.45) is 4.92. The van der Waals surface area contributed by atoms with Crippen molar-refractivity contribution in [3.8, 4) is 12.3 Å². The van der Waals surface area contributed by atoms with E-state index in [0.29, 0.717) is 5.56 Å². The molecule has 0 saturated heterocycles. The Morgan fingerprint density at radius 1 is 1.39 bits per heavy atom. The molecular weight excluding hydrogens is 254 g/mol. The number of carboxylic acids is 1. The number of rotatable bonds is 5. The predicted molar refractivity (Wildman–Crippen MR) is 66.4 cm³/mol. The molecule has 0 amide bonds. The number of carboxylic acid groups (broad SMARTS) is 1. The van der Waals surface area contributed by atoms with Crippen LogP contribution < -0.4 is 0 Å². The SMILES string of the molecule is C#CCN(C)S(=O)(=O)c1ccc(CC(=O)O)cc1. The molecule has 0 bridgehead atoms. The highest BCUT2D eigenvalue weighted by Gasteiger charge is 2.19. The maximum Gasteiger partial charge on any atom is 0.307 e. The van der Waals surface area contributed by atoms with Gasteiger partial charge in [0.15, 0.2) is 0 Å². The Bertz CT molecular complexity index is 569. The zero-order chi connectivity index (χ0) is 13.8. The Labute approximate surface area is 106 Å². The zero-order valence-electron chi connectivity index (χ0n) is 9.83. The minimum Gasteiger partial charge on any atom is -0.481 e. The first-order valence-corrected chi connectivity index (χ1v) is 6.52. The summed E-state index contributed by atoms with van der Waals surface area (Å²) in [5.41, 5.74) is 0.543. The molecule has 0 heterocycles. The molecular formula is C12H13NO4S. The van der Waals surface area contributed by atoms with Crippen LogP contribution in [0.4, 0.5) is 0 Å². The molecule has 1 N–H and O–H groups in total. The van der Waals surface area contributed by atoms with Gasteiger partial charge in [-0.1, -0.05) is 18.1 Å². The van der Waals surface area contributed by atoms with Crippen LogP contribution >= 0.6 is 0 Å². The molecule has 5 nitrogen and oxygen atoms in total. The second-order valence-corrected chi connectivity index (χ2v) is 5.72. The van der Waals surface area contributed by atoms with E-state index >= 15 is 0 Å². The van der Waals surface area contributed by atoms with Crippen molar-refractivity contribution in [3.63, 3.8) is 0 Å². The van der Waals surface area contributed by atoms with E-state index in [9.17, 15) is 13.2 Å². The summed E-state index contributed by atoms with van der Waals surface area (Å²) in [4.78, 5) is 10.6. The summed E-state index contributed by atoms with van der Waals surface area (Å²) in [6, 6.07) is 5.71. The van der Waals surface area contributed by atoms with E-state index in [4.69, 9.17) is 11.5 Å². The standard InChI is InChI=1S/C12H13NO4S/c1-3-8-13(2)18(16,17)11-6-4-10(5-7-11)9-12(14)15/h1,4-7H,8-9H2,2H3,(H,14,15). The van der Waals surface area contributed by atoms with Crippen LogP contribution in [0.25, 0.3) is 0 Å². The number of hydrogen-bond acceptors (Lipinski definition) is 3. The summed E-state index contributed by atoms with van der Waals surface area (Å²) >= 11 is 0.